The highest BCUT2D eigenvalue weighted by molar-refractivity contribution is 9.10. The van der Waals surface area contributed by atoms with E-state index >= 15 is 0 Å². The van der Waals surface area contributed by atoms with E-state index in [0.29, 0.717) is 17.1 Å². The molecule has 1 aliphatic heterocycles. The molecule has 1 heterocycles. The summed E-state index contributed by atoms with van der Waals surface area (Å²) in [5.74, 6) is -0.0160. The van der Waals surface area contributed by atoms with E-state index in [0.717, 1.165) is 23.9 Å². The first-order valence-corrected chi connectivity index (χ1v) is 7.57. The first-order chi connectivity index (χ1) is 9.08. The van der Waals surface area contributed by atoms with Crippen molar-refractivity contribution in [3.05, 3.63) is 33.3 Å². The summed E-state index contributed by atoms with van der Waals surface area (Å²) >= 11 is 9.26. The summed E-state index contributed by atoms with van der Waals surface area (Å²) in [7, 11) is 1.81. The van der Waals surface area contributed by atoms with Crippen LogP contribution in [0.25, 0.3) is 0 Å². The Kier molecular flexibility index (Phi) is 5.25. The van der Waals surface area contributed by atoms with Gasteiger partial charge in [-0.05, 0) is 53.4 Å². The van der Waals surface area contributed by atoms with Crippen molar-refractivity contribution in [2.24, 2.45) is 0 Å². The molecule has 0 aromatic heterocycles. The second kappa shape index (κ2) is 6.73. The quantitative estimate of drug-likeness (QED) is 0.834. The van der Waals surface area contributed by atoms with Crippen molar-refractivity contribution in [2.75, 3.05) is 20.2 Å². The summed E-state index contributed by atoms with van der Waals surface area (Å²) in [6.07, 6.45) is 3.49. The molecule has 1 aromatic carbocycles. The third-order valence-electron chi connectivity index (χ3n) is 3.26. The molecular weight excluding hydrogens is 330 g/mol. The van der Waals surface area contributed by atoms with Crippen molar-refractivity contribution in [2.45, 2.75) is 25.4 Å². The molecule has 0 spiro atoms. The van der Waals surface area contributed by atoms with Crippen molar-refractivity contribution >= 4 is 33.4 Å². The topological polar surface area (TPSA) is 29.5 Å². The molecule has 1 atom stereocenters. The zero-order valence-electron chi connectivity index (χ0n) is 10.9. The summed E-state index contributed by atoms with van der Waals surface area (Å²) in [6.45, 7) is 1.44. The summed E-state index contributed by atoms with van der Waals surface area (Å²) in [4.78, 5) is 14.1. The Hall–Kier alpha value is -0.580. The number of amides is 1. The van der Waals surface area contributed by atoms with Gasteiger partial charge in [0.25, 0.3) is 5.91 Å². The Balaban J connectivity index is 2.01. The van der Waals surface area contributed by atoms with Gasteiger partial charge in [0.2, 0.25) is 0 Å². The number of ether oxygens (including phenoxy) is 1. The number of hydrogen-bond donors (Lipinski definition) is 0. The minimum atomic E-state index is -0.0160. The van der Waals surface area contributed by atoms with Crippen molar-refractivity contribution in [1.82, 2.24) is 4.90 Å². The van der Waals surface area contributed by atoms with Gasteiger partial charge in [0, 0.05) is 29.7 Å². The number of hydrogen-bond acceptors (Lipinski definition) is 2. The number of carbonyl (C=O) groups excluding carboxylic acids is 1. The SMILES string of the molecule is CN(CC1CCCCO1)C(=O)c1ccc(Cl)cc1Br. The van der Waals surface area contributed by atoms with Gasteiger partial charge < -0.3 is 9.64 Å². The van der Waals surface area contributed by atoms with Gasteiger partial charge >= 0.3 is 0 Å². The van der Waals surface area contributed by atoms with E-state index in [1.807, 2.05) is 0 Å². The van der Waals surface area contributed by atoms with Gasteiger partial charge in [-0.2, -0.15) is 0 Å². The maximum absolute atomic E-state index is 12.3. The first-order valence-electron chi connectivity index (χ1n) is 6.40. The second-order valence-electron chi connectivity index (χ2n) is 4.80. The van der Waals surface area contributed by atoms with E-state index in [-0.39, 0.29) is 12.0 Å². The van der Waals surface area contributed by atoms with E-state index in [1.165, 1.54) is 6.42 Å². The van der Waals surface area contributed by atoms with E-state index in [4.69, 9.17) is 16.3 Å². The van der Waals surface area contributed by atoms with Crippen LogP contribution < -0.4 is 0 Å². The van der Waals surface area contributed by atoms with E-state index < -0.39 is 0 Å². The van der Waals surface area contributed by atoms with Crippen LogP contribution in [0.2, 0.25) is 5.02 Å². The monoisotopic (exact) mass is 345 g/mol. The normalized spacial score (nSPS) is 19.2. The molecule has 5 heteroatoms. The average molecular weight is 347 g/mol. The molecule has 3 nitrogen and oxygen atoms in total. The molecule has 1 amide bonds. The maximum atomic E-state index is 12.3. The standard InChI is InChI=1S/C14H17BrClNO2/c1-17(9-11-4-2-3-7-19-11)14(18)12-6-5-10(16)8-13(12)15/h5-6,8,11H,2-4,7,9H2,1H3. The second-order valence-corrected chi connectivity index (χ2v) is 6.09. The minimum absolute atomic E-state index is 0.0160. The van der Waals surface area contributed by atoms with Gasteiger partial charge in [-0.1, -0.05) is 11.6 Å². The molecule has 104 valence electrons. The highest BCUT2D eigenvalue weighted by atomic mass is 79.9. The highest BCUT2D eigenvalue weighted by Crippen LogP contribution is 2.23. The lowest BCUT2D eigenvalue weighted by Crippen LogP contribution is -2.37. The Morgan fingerprint density at radius 1 is 1.53 bits per heavy atom. The lowest BCUT2D eigenvalue weighted by molar-refractivity contribution is -0.000204. The predicted molar refractivity (Wildman–Crippen MR) is 79.7 cm³/mol. The molecule has 1 aromatic rings. The zero-order chi connectivity index (χ0) is 13.8. The summed E-state index contributed by atoms with van der Waals surface area (Å²) in [5.41, 5.74) is 0.628. The van der Waals surface area contributed by atoms with Crippen LogP contribution >= 0.6 is 27.5 Å². The molecule has 1 unspecified atom stereocenters. The average Bonchev–Trinajstić information content (AvgIpc) is 2.39. The number of likely N-dealkylation sites (N-methyl/N-ethyl adjacent to an activating group) is 1. The Morgan fingerprint density at radius 2 is 2.32 bits per heavy atom. The summed E-state index contributed by atoms with van der Waals surface area (Å²) in [6, 6.07) is 5.21. The van der Waals surface area contributed by atoms with Crippen LogP contribution in [0, 0.1) is 0 Å². The molecule has 0 saturated carbocycles. The van der Waals surface area contributed by atoms with Crippen molar-refractivity contribution in [3.8, 4) is 0 Å². The first kappa shape index (κ1) is 14.8. The molecule has 2 rings (SSSR count). The smallest absolute Gasteiger partial charge is 0.254 e. The summed E-state index contributed by atoms with van der Waals surface area (Å²) in [5, 5.41) is 0.613. The molecule has 1 fully saturated rings. The van der Waals surface area contributed by atoms with Crippen molar-refractivity contribution in [1.29, 1.82) is 0 Å². The van der Waals surface area contributed by atoms with E-state index in [1.54, 1.807) is 30.1 Å². The Labute approximate surface area is 127 Å². The van der Waals surface area contributed by atoms with Crippen LogP contribution in [0.15, 0.2) is 22.7 Å². The van der Waals surface area contributed by atoms with Crippen LogP contribution in [0.5, 0.6) is 0 Å². The molecule has 1 saturated heterocycles. The number of halogens is 2. The summed E-state index contributed by atoms with van der Waals surface area (Å²) < 4.78 is 6.38. The Morgan fingerprint density at radius 3 is 2.95 bits per heavy atom. The number of rotatable bonds is 3. The fourth-order valence-electron chi connectivity index (χ4n) is 2.21. The lowest BCUT2D eigenvalue weighted by atomic mass is 10.1. The molecule has 0 radical (unpaired) electrons. The van der Waals surface area contributed by atoms with E-state index in [2.05, 4.69) is 15.9 Å². The molecular formula is C14H17BrClNO2. The fraction of sp³-hybridized carbons (Fsp3) is 0.500. The lowest BCUT2D eigenvalue weighted by Gasteiger charge is -2.27. The molecule has 19 heavy (non-hydrogen) atoms. The van der Waals surface area contributed by atoms with Gasteiger partial charge in [-0.3, -0.25) is 4.79 Å². The predicted octanol–water partition coefficient (Wildman–Crippen LogP) is 3.74. The van der Waals surface area contributed by atoms with Crippen LogP contribution in [0.3, 0.4) is 0 Å². The van der Waals surface area contributed by atoms with Gasteiger partial charge in [0.05, 0.1) is 11.7 Å². The van der Waals surface area contributed by atoms with Gasteiger partial charge in [-0.25, -0.2) is 0 Å². The minimum Gasteiger partial charge on any atom is -0.376 e. The molecule has 1 aliphatic rings. The largest absolute Gasteiger partial charge is 0.376 e. The van der Waals surface area contributed by atoms with Gasteiger partial charge in [0.1, 0.15) is 0 Å². The van der Waals surface area contributed by atoms with Crippen LogP contribution in [-0.4, -0.2) is 37.1 Å². The zero-order valence-corrected chi connectivity index (χ0v) is 13.2. The number of carbonyl (C=O) groups is 1. The van der Waals surface area contributed by atoms with Gasteiger partial charge in [0.15, 0.2) is 0 Å². The fourth-order valence-corrected chi connectivity index (χ4v) is 3.06. The Bertz CT molecular complexity index is 461. The van der Waals surface area contributed by atoms with Crippen LogP contribution in [0.1, 0.15) is 29.6 Å². The third-order valence-corrected chi connectivity index (χ3v) is 4.15. The third kappa shape index (κ3) is 3.94. The highest BCUT2D eigenvalue weighted by Gasteiger charge is 2.21. The van der Waals surface area contributed by atoms with Crippen LogP contribution in [-0.2, 0) is 4.74 Å². The number of nitrogens with zero attached hydrogens (tertiary/aromatic N) is 1. The van der Waals surface area contributed by atoms with Gasteiger partial charge in [-0.15, -0.1) is 0 Å². The molecule has 0 N–H and O–H groups in total. The number of benzene rings is 1. The maximum Gasteiger partial charge on any atom is 0.254 e. The van der Waals surface area contributed by atoms with E-state index in [9.17, 15) is 4.79 Å². The molecule has 0 bridgehead atoms. The van der Waals surface area contributed by atoms with Crippen molar-refractivity contribution < 1.29 is 9.53 Å². The van der Waals surface area contributed by atoms with Crippen molar-refractivity contribution in [3.63, 3.8) is 0 Å². The van der Waals surface area contributed by atoms with Crippen LogP contribution in [0.4, 0.5) is 0 Å². The molecule has 0 aliphatic carbocycles.